The van der Waals surface area contributed by atoms with Crippen molar-refractivity contribution in [3.63, 3.8) is 0 Å². The standard InChI is InChI=1S/C16H19N5O.C2HF3O2/c1-19-10-14(6-18-19)21-8-12-7-20(11-15(12)16(21)22)9-13-4-2-3-5-17-13;3-2(4,5)1(6)7/h2-6,10,12,15H,7-9,11H2,1H3;(H,6,7)/t12-,15-;/m0./s1. The number of carbonyl (C=O) groups excluding carboxylic acids is 1. The third kappa shape index (κ3) is 4.91. The lowest BCUT2D eigenvalue weighted by molar-refractivity contribution is -0.192. The summed E-state index contributed by atoms with van der Waals surface area (Å²) in [6.07, 6.45) is 0.413. The number of pyridine rings is 1. The van der Waals surface area contributed by atoms with E-state index in [0.29, 0.717) is 5.92 Å². The zero-order valence-corrected chi connectivity index (χ0v) is 15.6. The van der Waals surface area contributed by atoms with E-state index in [0.717, 1.165) is 37.6 Å². The number of hydrogen-bond acceptors (Lipinski definition) is 5. The maximum absolute atomic E-state index is 12.6. The molecule has 1 amide bonds. The molecule has 0 aromatic carbocycles. The highest BCUT2D eigenvalue weighted by Gasteiger charge is 2.46. The third-order valence-corrected chi connectivity index (χ3v) is 4.87. The molecule has 2 atom stereocenters. The Labute approximate surface area is 164 Å². The Morgan fingerprint density at radius 3 is 2.52 bits per heavy atom. The summed E-state index contributed by atoms with van der Waals surface area (Å²) in [6, 6.07) is 5.98. The molecule has 156 valence electrons. The van der Waals surface area contributed by atoms with Crippen LogP contribution < -0.4 is 4.90 Å². The summed E-state index contributed by atoms with van der Waals surface area (Å²) in [5.41, 5.74) is 1.98. The van der Waals surface area contributed by atoms with Gasteiger partial charge in [-0.25, -0.2) is 4.79 Å². The number of aryl methyl sites for hydroxylation is 1. The predicted octanol–water partition coefficient (Wildman–Crippen LogP) is 1.54. The Hall–Kier alpha value is -2.95. The van der Waals surface area contributed by atoms with Crippen LogP contribution in [0.3, 0.4) is 0 Å². The minimum absolute atomic E-state index is 0.115. The summed E-state index contributed by atoms with van der Waals surface area (Å²) >= 11 is 0. The van der Waals surface area contributed by atoms with Crippen molar-refractivity contribution in [1.82, 2.24) is 19.7 Å². The van der Waals surface area contributed by atoms with Gasteiger partial charge in [0.2, 0.25) is 5.91 Å². The van der Waals surface area contributed by atoms with Crippen LogP contribution in [0.2, 0.25) is 0 Å². The van der Waals surface area contributed by atoms with Crippen LogP contribution in [-0.2, 0) is 23.2 Å². The van der Waals surface area contributed by atoms with Gasteiger partial charge in [0.05, 0.1) is 23.5 Å². The van der Waals surface area contributed by atoms with E-state index in [1.54, 1.807) is 10.9 Å². The van der Waals surface area contributed by atoms with Crippen LogP contribution >= 0.6 is 0 Å². The minimum Gasteiger partial charge on any atom is -0.475 e. The van der Waals surface area contributed by atoms with Gasteiger partial charge in [0.25, 0.3) is 0 Å². The number of likely N-dealkylation sites (tertiary alicyclic amines) is 1. The lowest BCUT2D eigenvalue weighted by Gasteiger charge is -2.20. The minimum atomic E-state index is -5.08. The molecule has 0 bridgehead atoms. The number of rotatable bonds is 3. The highest BCUT2D eigenvalue weighted by molar-refractivity contribution is 5.97. The second-order valence-electron chi connectivity index (χ2n) is 7.01. The number of carbonyl (C=O) groups is 2. The van der Waals surface area contributed by atoms with Crippen molar-refractivity contribution >= 4 is 17.6 Å². The zero-order valence-electron chi connectivity index (χ0n) is 15.6. The first-order valence-electron chi connectivity index (χ1n) is 8.87. The molecular formula is C18H20F3N5O3. The van der Waals surface area contributed by atoms with E-state index in [4.69, 9.17) is 9.90 Å². The molecule has 2 aliphatic heterocycles. The number of carboxylic acids is 1. The number of fused-ring (bicyclic) bond motifs is 1. The number of halogens is 3. The molecule has 0 radical (unpaired) electrons. The largest absolute Gasteiger partial charge is 0.490 e. The molecule has 4 heterocycles. The second-order valence-corrected chi connectivity index (χ2v) is 7.01. The van der Waals surface area contributed by atoms with Crippen molar-refractivity contribution < 1.29 is 27.9 Å². The Bertz CT molecular complexity index is 871. The molecule has 0 unspecified atom stereocenters. The number of carboxylic acid groups (broad SMARTS) is 1. The number of aromatic nitrogens is 3. The van der Waals surface area contributed by atoms with Crippen LogP contribution in [-0.4, -0.2) is 62.5 Å². The van der Waals surface area contributed by atoms with Gasteiger partial charge in [-0.2, -0.15) is 18.3 Å². The summed E-state index contributed by atoms with van der Waals surface area (Å²) in [7, 11) is 1.87. The van der Waals surface area contributed by atoms with E-state index >= 15 is 0 Å². The molecule has 2 fully saturated rings. The van der Waals surface area contributed by atoms with Gasteiger partial charge in [0.1, 0.15) is 0 Å². The summed E-state index contributed by atoms with van der Waals surface area (Å²) in [5.74, 6) is -1.99. The van der Waals surface area contributed by atoms with Crippen LogP contribution in [0.4, 0.5) is 18.9 Å². The van der Waals surface area contributed by atoms with Crippen molar-refractivity contribution in [2.24, 2.45) is 18.9 Å². The van der Waals surface area contributed by atoms with Gasteiger partial charge < -0.3 is 10.0 Å². The average Bonchev–Trinajstić information content (AvgIpc) is 3.32. The quantitative estimate of drug-likeness (QED) is 0.824. The molecule has 0 saturated carbocycles. The van der Waals surface area contributed by atoms with E-state index in [-0.39, 0.29) is 11.8 Å². The lowest BCUT2D eigenvalue weighted by Crippen LogP contribution is -2.32. The first kappa shape index (κ1) is 20.8. The van der Waals surface area contributed by atoms with E-state index in [2.05, 4.69) is 15.0 Å². The van der Waals surface area contributed by atoms with Crippen molar-refractivity contribution in [3.05, 3.63) is 42.5 Å². The number of anilines is 1. The first-order chi connectivity index (χ1) is 13.6. The fourth-order valence-corrected chi connectivity index (χ4v) is 3.58. The highest BCUT2D eigenvalue weighted by atomic mass is 19.4. The lowest BCUT2D eigenvalue weighted by atomic mass is 10.0. The van der Waals surface area contributed by atoms with E-state index in [1.165, 1.54) is 0 Å². The van der Waals surface area contributed by atoms with Gasteiger partial charge in [-0.3, -0.25) is 19.4 Å². The number of aliphatic carboxylic acids is 1. The summed E-state index contributed by atoms with van der Waals surface area (Å²) in [5, 5.41) is 11.3. The molecule has 2 aromatic rings. The van der Waals surface area contributed by atoms with Gasteiger partial charge in [-0.15, -0.1) is 0 Å². The van der Waals surface area contributed by atoms with Gasteiger partial charge >= 0.3 is 12.1 Å². The molecule has 1 N–H and O–H groups in total. The third-order valence-electron chi connectivity index (χ3n) is 4.87. The number of hydrogen-bond donors (Lipinski definition) is 1. The average molecular weight is 411 g/mol. The topological polar surface area (TPSA) is 91.6 Å². The Kier molecular flexibility index (Phi) is 5.87. The number of alkyl halides is 3. The van der Waals surface area contributed by atoms with Gasteiger partial charge in [-0.05, 0) is 12.1 Å². The molecular weight excluding hydrogens is 391 g/mol. The fourth-order valence-electron chi connectivity index (χ4n) is 3.58. The van der Waals surface area contributed by atoms with E-state index in [1.807, 2.05) is 42.5 Å². The normalized spacial score (nSPS) is 21.7. The van der Waals surface area contributed by atoms with E-state index in [9.17, 15) is 18.0 Å². The van der Waals surface area contributed by atoms with E-state index < -0.39 is 12.1 Å². The second kappa shape index (κ2) is 8.19. The van der Waals surface area contributed by atoms with Crippen LogP contribution in [0, 0.1) is 11.8 Å². The fraction of sp³-hybridized carbons (Fsp3) is 0.444. The zero-order chi connectivity index (χ0) is 21.2. The maximum atomic E-state index is 12.6. The molecule has 0 spiro atoms. The van der Waals surface area contributed by atoms with Crippen LogP contribution in [0.5, 0.6) is 0 Å². The van der Waals surface area contributed by atoms with Crippen LogP contribution in [0.15, 0.2) is 36.8 Å². The molecule has 2 aliphatic rings. The molecule has 4 rings (SSSR count). The predicted molar refractivity (Wildman–Crippen MR) is 95.7 cm³/mol. The summed E-state index contributed by atoms with van der Waals surface area (Å²) < 4.78 is 33.5. The molecule has 29 heavy (non-hydrogen) atoms. The Morgan fingerprint density at radius 2 is 2.00 bits per heavy atom. The Balaban J connectivity index is 0.000000298. The Morgan fingerprint density at radius 1 is 1.28 bits per heavy atom. The van der Waals surface area contributed by atoms with Crippen molar-refractivity contribution in [2.45, 2.75) is 12.7 Å². The maximum Gasteiger partial charge on any atom is 0.490 e. The van der Waals surface area contributed by atoms with Crippen molar-refractivity contribution in [1.29, 1.82) is 0 Å². The molecule has 11 heteroatoms. The molecule has 2 aromatic heterocycles. The van der Waals surface area contributed by atoms with Crippen molar-refractivity contribution in [2.75, 3.05) is 24.5 Å². The van der Waals surface area contributed by atoms with Gasteiger partial charge in [0.15, 0.2) is 0 Å². The molecule has 8 nitrogen and oxygen atoms in total. The van der Waals surface area contributed by atoms with Gasteiger partial charge in [-0.1, -0.05) is 6.07 Å². The molecule has 2 saturated heterocycles. The van der Waals surface area contributed by atoms with Gasteiger partial charge in [0, 0.05) is 51.5 Å². The van der Waals surface area contributed by atoms with Crippen LogP contribution in [0.25, 0.3) is 0 Å². The molecule has 0 aliphatic carbocycles. The smallest absolute Gasteiger partial charge is 0.475 e. The number of amides is 1. The number of nitrogens with zero attached hydrogens (tertiary/aromatic N) is 5. The highest BCUT2D eigenvalue weighted by Crippen LogP contribution is 2.35. The monoisotopic (exact) mass is 411 g/mol. The summed E-state index contributed by atoms with van der Waals surface area (Å²) in [4.78, 5) is 30.1. The van der Waals surface area contributed by atoms with Crippen LogP contribution in [0.1, 0.15) is 5.69 Å². The SMILES string of the molecule is Cn1cc(N2C[C@@H]3CN(Cc4ccccn4)C[C@@H]3C2=O)cn1.O=C(O)C(F)(F)F. The summed E-state index contributed by atoms with van der Waals surface area (Å²) in [6.45, 7) is 3.42. The van der Waals surface area contributed by atoms with Crippen molar-refractivity contribution in [3.8, 4) is 0 Å². The first-order valence-corrected chi connectivity index (χ1v) is 8.87.